The van der Waals surface area contributed by atoms with Gasteiger partial charge in [-0.05, 0) is 54.4 Å². The van der Waals surface area contributed by atoms with Crippen molar-refractivity contribution >= 4 is 17.4 Å². The van der Waals surface area contributed by atoms with Gasteiger partial charge in [-0.25, -0.2) is 0 Å². The highest BCUT2D eigenvalue weighted by Crippen LogP contribution is 2.48. The summed E-state index contributed by atoms with van der Waals surface area (Å²) in [6, 6.07) is 17.7. The van der Waals surface area contributed by atoms with Crippen LogP contribution in [0.5, 0.6) is 28.7 Å². The van der Waals surface area contributed by atoms with Crippen molar-refractivity contribution in [1.82, 2.24) is 0 Å². The standard InChI is InChI=1S/C25H25NO5S/c1-28-17-7-8-19-25(13-17)32-24(16-6-9-22-23(12-16)31-15-30-22)10-11-26(19)14-18-20(27)4-3-5-21(18)29-2/h3-9,12-13,24,27H,10-11,14-15H2,1-2H3. The van der Waals surface area contributed by atoms with Crippen LogP contribution in [0.2, 0.25) is 0 Å². The number of anilines is 1. The number of methoxy groups -OCH3 is 2. The molecule has 1 atom stereocenters. The largest absolute Gasteiger partial charge is 0.507 e. The molecule has 32 heavy (non-hydrogen) atoms. The third kappa shape index (κ3) is 3.88. The number of ether oxygens (including phenoxy) is 4. The van der Waals surface area contributed by atoms with E-state index in [0.717, 1.165) is 46.4 Å². The summed E-state index contributed by atoms with van der Waals surface area (Å²) in [5.41, 5.74) is 3.10. The number of fused-ring (bicyclic) bond motifs is 2. The lowest BCUT2D eigenvalue weighted by Gasteiger charge is -2.26. The summed E-state index contributed by atoms with van der Waals surface area (Å²) >= 11 is 1.82. The number of nitrogens with zero attached hydrogens (tertiary/aromatic N) is 1. The maximum Gasteiger partial charge on any atom is 0.231 e. The molecule has 0 saturated heterocycles. The zero-order chi connectivity index (χ0) is 22.1. The minimum absolute atomic E-state index is 0.239. The third-order valence-corrected chi connectivity index (χ3v) is 7.26. The van der Waals surface area contributed by atoms with E-state index >= 15 is 0 Å². The van der Waals surface area contributed by atoms with Crippen LogP contribution in [0.1, 0.15) is 22.8 Å². The molecular formula is C25H25NO5S. The first-order chi connectivity index (χ1) is 15.7. The Morgan fingerprint density at radius 2 is 1.91 bits per heavy atom. The Balaban J connectivity index is 1.50. The van der Waals surface area contributed by atoms with E-state index < -0.39 is 0 Å². The van der Waals surface area contributed by atoms with Crippen molar-refractivity contribution in [2.45, 2.75) is 23.1 Å². The molecule has 0 radical (unpaired) electrons. The van der Waals surface area contributed by atoms with E-state index in [1.807, 2.05) is 30.0 Å². The van der Waals surface area contributed by atoms with Gasteiger partial charge in [-0.15, -0.1) is 11.8 Å². The topological polar surface area (TPSA) is 60.4 Å². The van der Waals surface area contributed by atoms with Gasteiger partial charge in [0.25, 0.3) is 0 Å². The molecule has 2 heterocycles. The molecule has 3 aromatic carbocycles. The van der Waals surface area contributed by atoms with Gasteiger partial charge in [0, 0.05) is 16.7 Å². The third-order valence-electron chi connectivity index (χ3n) is 5.88. The number of phenols is 1. The Labute approximate surface area is 191 Å². The number of hydrogen-bond acceptors (Lipinski definition) is 7. The lowest BCUT2D eigenvalue weighted by molar-refractivity contribution is 0.174. The maximum atomic E-state index is 10.5. The summed E-state index contributed by atoms with van der Waals surface area (Å²) < 4.78 is 22.1. The molecule has 0 aliphatic carbocycles. The van der Waals surface area contributed by atoms with Crippen molar-refractivity contribution in [3.63, 3.8) is 0 Å². The first-order valence-electron chi connectivity index (χ1n) is 10.5. The number of thioether (sulfide) groups is 1. The van der Waals surface area contributed by atoms with Crippen LogP contribution in [-0.2, 0) is 6.54 Å². The van der Waals surface area contributed by atoms with Gasteiger partial charge >= 0.3 is 0 Å². The zero-order valence-electron chi connectivity index (χ0n) is 18.0. The number of phenolic OH excluding ortho intramolecular Hbond substituents is 1. The van der Waals surface area contributed by atoms with Crippen LogP contribution in [0.4, 0.5) is 5.69 Å². The highest BCUT2D eigenvalue weighted by atomic mass is 32.2. The van der Waals surface area contributed by atoms with Crippen LogP contribution in [0.25, 0.3) is 0 Å². The SMILES string of the molecule is COc1ccc2c(c1)SC(c1ccc3c(c1)OCO3)CCN2Cc1c(O)cccc1OC. The van der Waals surface area contributed by atoms with Gasteiger partial charge in [-0.1, -0.05) is 12.1 Å². The fourth-order valence-electron chi connectivity index (χ4n) is 4.19. The molecule has 0 spiro atoms. The molecule has 0 bridgehead atoms. The molecular weight excluding hydrogens is 426 g/mol. The summed E-state index contributed by atoms with van der Waals surface area (Å²) in [6.45, 7) is 1.64. The van der Waals surface area contributed by atoms with Gasteiger partial charge in [0.2, 0.25) is 6.79 Å². The highest BCUT2D eigenvalue weighted by molar-refractivity contribution is 7.99. The molecule has 1 N–H and O–H groups in total. The maximum absolute atomic E-state index is 10.5. The molecule has 5 rings (SSSR count). The minimum Gasteiger partial charge on any atom is -0.507 e. The number of rotatable bonds is 5. The zero-order valence-corrected chi connectivity index (χ0v) is 18.9. The van der Waals surface area contributed by atoms with E-state index in [0.29, 0.717) is 12.3 Å². The van der Waals surface area contributed by atoms with Crippen LogP contribution in [0.3, 0.4) is 0 Å². The van der Waals surface area contributed by atoms with Crippen LogP contribution >= 0.6 is 11.8 Å². The number of hydrogen-bond donors (Lipinski definition) is 1. The molecule has 7 heteroatoms. The molecule has 3 aromatic rings. The number of aromatic hydroxyl groups is 1. The van der Waals surface area contributed by atoms with Crippen LogP contribution in [0, 0.1) is 0 Å². The van der Waals surface area contributed by atoms with Gasteiger partial charge in [0.05, 0.1) is 32.0 Å². The van der Waals surface area contributed by atoms with Crippen molar-refractivity contribution < 1.29 is 24.1 Å². The molecule has 1 unspecified atom stereocenters. The van der Waals surface area contributed by atoms with E-state index in [2.05, 4.69) is 29.2 Å². The Kier molecular flexibility index (Phi) is 5.66. The van der Waals surface area contributed by atoms with Crippen molar-refractivity contribution in [1.29, 1.82) is 0 Å². The predicted molar refractivity (Wildman–Crippen MR) is 124 cm³/mol. The first kappa shape index (κ1) is 20.7. The quantitative estimate of drug-likeness (QED) is 0.559. The van der Waals surface area contributed by atoms with E-state index in [1.165, 1.54) is 5.56 Å². The minimum atomic E-state index is 0.239. The normalized spacial score (nSPS) is 16.9. The smallest absolute Gasteiger partial charge is 0.231 e. The Morgan fingerprint density at radius 3 is 2.75 bits per heavy atom. The Bertz CT molecular complexity index is 1140. The second-order valence-electron chi connectivity index (χ2n) is 7.72. The summed E-state index contributed by atoms with van der Waals surface area (Å²) in [7, 11) is 3.31. The molecule has 0 saturated carbocycles. The van der Waals surface area contributed by atoms with Gasteiger partial charge in [0.1, 0.15) is 17.2 Å². The van der Waals surface area contributed by atoms with Crippen molar-refractivity contribution in [3.05, 3.63) is 65.7 Å². The van der Waals surface area contributed by atoms with E-state index in [4.69, 9.17) is 18.9 Å². The van der Waals surface area contributed by atoms with Crippen LogP contribution in [0.15, 0.2) is 59.5 Å². The van der Waals surface area contributed by atoms with Gasteiger partial charge in [0.15, 0.2) is 11.5 Å². The van der Waals surface area contributed by atoms with Gasteiger partial charge in [-0.2, -0.15) is 0 Å². The molecule has 0 aromatic heterocycles. The summed E-state index contributed by atoms with van der Waals surface area (Å²) in [4.78, 5) is 3.44. The average molecular weight is 452 g/mol. The second kappa shape index (κ2) is 8.74. The van der Waals surface area contributed by atoms with E-state index in [-0.39, 0.29) is 17.8 Å². The number of benzene rings is 3. The van der Waals surface area contributed by atoms with Crippen molar-refractivity contribution in [2.75, 3.05) is 32.5 Å². The summed E-state index contributed by atoms with van der Waals surface area (Å²) in [6.07, 6.45) is 0.928. The van der Waals surface area contributed by atoms with Crippen molar-refractivity contribution in [3.8, 4) is 28.7 Å². The highest BCUT2D eigenvalue weighted by Gasteiger charge is 2.27. The molecule has 2 aliphatic heterocycles. The van der Waals surface area contributed by atoms with E-state index in [1.54, 1.807) is 26.4 Å². The van der Waals surface area contributed by atoms with Crippen molar-refractivity contribution in [2.24, 2.45) is 0 Å². The molecule has 166 valence electrons. The molecule has 2 aliphatic rings. The molecule has 6 nitrogen and oxygen atoms in total. The van der Waals surface area contributed by atoms with Gasteiger partial charge < -0.3 is 29.0 Å². The van der Waals surface area contributed by atoms with Gasteiger partial charge in [-0.3, -0.25) is 0 Å². The van der Waals surface area contributed by atoms with Crippen LogP contribution in [-0.4, -0.2) is 32.7 Å². The Morgan fingerprint density at radius 1 is 1.03 bits per heavy atom. The van der Waals surface area contributed by atoms with Crippen LogP contribution < -0.4 is 23.8 Å². The summed E-state index contributed by atoms with van der Waals surface area (Å²) in [5, 5.41) is 10.8. The second-order valence-corrected chi connectivity index (χ2v) is 8.97. The lowest BCUT2D eigenvalue weighted by atomic mass is 10.1. The summed E-state index contributed by atoms with van der Waals surface area (Å²) in [5.74, 6) is 3.34. The predicted octanol–water partition coefficient (Wildman–Crippen LogP) is 5.38. The average Bonchev–Trinajstić information content (AvgIpc) is 3.22. The molecule has 0 fully saturated rings. The lowest BCUT2D eigenvalue weighted by Crippen LogP contribution is -2.24. The Hall–Kier alpha value is -3.19. The van der Waals surface area contributed by atoms with E-state index in [9.17, 15) is 5.11 Å². The monoisotopic (exact) mass is 451 g/mol. The fraction of sp³-hybridized carbons (Fsp3) is 0.280. The first-order valence-corrected chi connectivity index (χ1v) is 11.4. The fourth-order valence-corrected chi connectivity index (χ4v) is 5.50. The molecule has 0 amide bonds.